The molecule has 0 fully saturated rings. The number of aliphatic hydroxyl groups excluding tert-OH is 2. The van der Waals surface area contributed by atoms with Gasteiger partial charge in [0.25, 0.3) is 0 Å². The van der Waals surface area contributed by atoms with E-state index in [0.29, 0.717) is 12.8 Å². The van der Waals surface area contributed by atoms with Crippen molar-refractivity contribution in [3.8, 4) is 24.2 Å². The Bertz CT molecular complexity index is 418. The summed E-state index contributed by atoms with van der Waals surface area (Å²) < 4.78 is 0. The van der Waals surface area contributed by atoms with Crippen LogP contribution >= 0.6 is 0 Å². The Morgan fingerprint density at radius 1 is 1.32 bits per heavy atom. The first kappa shape index (κ1) is 17.0. The summed E-state index contributed by atoms with van der Waals surface area (Å²) in [6.45, 7) is 0. The van der Waals surface area contributed by atoms with Gasteiger partial charge in [-0.3, -0.25) is 4.79 Å². The van der Waals surface area contributed by atoms with Gasteiger partial charge in [-0.15, -0.1) is 12.3 Å². The van der Waals surface area contributed by atoms with Crippen LogP contribution in [0.4, 0.5) is 0 Å². The van der Waals surface area contributed by atoms with Gasteiger partial charge in [0.2, 0.25) is 0 Å². The SMILES string of the molecule is C#CC[C@H](O)/C=C/C=C/C#C[C@@H](O)CCCC(=O)O. The molecular weight excluding hydrogens is 244 g/mol. The highest BCUT2D eigenvalue weighted by atomic mass is 16.4. The number of aliphatic hydroxyl groups is 2. The topological polar surface area (TPSA) is 77.8 Å². The van der Waals surface area contributed by atoms with Crippen LogP contribution in [0.1, 0.15) is 25.7 Å². The number of rotatable bonds is 7. The highest BCUT2D eigenvalue weighted by Gasteiger charge is 2.01. The molecule has 0 rings (SSSR count). The summed E-state index contributed by atoms with van der Waals surface area (Å²) >= 11 is 0. The fourth-order valence-corrected chi connectivity index (χ4v) is 1.15. The van der Waals surface area contributed by atoms with Crippen molar-refractivity contribution in [1.29, 1.82) is 0 Å². The van der Waals surface area contributed by atoms with Crippen molar-refractivity contribution in [3.05, 3.63) is 24.3 Å². The maximum atomic E-state index is 10.2. The average Bonchev–Trinajstić information content (AvgIpc) is 2.33. The Hall–Kier alpha value is -2.01. The molecule has 0 saturated carbocycles. The first-order valence-corrected chi connectivity index (χ1v) is 5.92. The van der Waals surface area contributed by atoms with Crippen molar-refractivity contribution in [3.63, 3.8) is 0 Å². The molecule has 0 bridgehead atoms. The molecule has 0 unspecified atom stereocenters. The number of hydrogen-bond donors (Lipinski definition) is 3. The minimum atomic E-state index is -0.879. The molecule has 0 radical (unpaired) electrons. The van der Waals surface area contributed by atoms with E-state index in [1.165, 1.54) is 6.08 Å². The Balaban J connectivity index is 3.89. The maximum absolute atomic E-state index is 10.2. The summed E-state index contributed by atoms with van der Waals surface area (Å²) in [5.41, 5.74) is 0. The Morgan fingerprint density at radius 3 is 2.68 bits per heavy atom. The van der Waals surface area contributed by atoms with Crippen LogP contribution in [0.15, 0.2) is 24.3 Å². The molecule has 0 heterocycles. The summed E-state index contributed by atoms with van der Waals surface area (Å²) in [6, 6.07) is 0. The fraction of sp³-hybridized carbons (Fsp3) is 0.400. The van der Waals surface area contributed by atoms with Crippen LogP contribution in [0.5, 0.6) is 0 Å². The highest BCUT2D eigenvalue weighted by molar-refractivity contribution is 5.66. The van der Waals surface area contributed by atoms with Crippen LogP contribution in [0.2, 0.25) is 0 Å². The van der Waals surface area contributed by atoms with E-state index in [1.807, 2.05) is 0 Å². The number of hydrogen-bond acceptors (Lipinski definition) is 3. The van der Waals surface area contributed by atoms with Crippen molar-refractivity contribution in [2.75, 3.05) is 0 Å². The molecule has 0 spiro atoms. The van der Waals surface area contributed by atoms with Crippen LogP contribution in [0.3, 0.4) is 0 Å². The highest BCUT2D eigenvalue weighted by Crippen LogP contribution is 1.99. The second-order valence-corrected chi connectivity index (χ2v) is 3.81. The third kappa shape index (κ3) is 12.2. The molecule has 2 atom stereocenters. The minimum absolute atomic E-state index is 0.0321. The molecule has 0 saturated heterocycles. The molecule has 3 N–H and O–H groups in total. The van der Waals surface area contributed by atoms with Crippen LogP contribution in [0.25, 0.3) is 0 Å². The molecule has 0 aromatic heterocycles. The average molecular weight is 262 g/mol. The largest absolute Gasteiger partial charge is 0.481 e. The van der Waals surface area contributed by atoms with Crippen molar-refractivity contribution in [2.45, 2.75) is 37.9 Å². The zero-order chi connectivity index (χ0) is 14.5. The molecule has 19 heavy (non-hydrogen) atoms. The van der Waals surface area contributed by atoms with Crippen molar-refractivity contribution in [1.82, 2.24) is 0 Å². The van der Waals surface area contributed by atoms with Gasteiger partial charge in [0.1, 0.15) is 6.10 Å². The first-order chi connectivity index (χ1) is 9.06. The summed E-state index contributed by atoms with van der Waals surface area (Å²) in [5, 5.41) is 27.1. The summed E-state index contributed by atoms with van der Waals surface area (Å²) in [4.78, 5) is 10.2. The number of carboxylic acids is 1. The fourth-order valence-electron chi connectivity index (χ4n) is 1.15. The number of aliphatic carboxylic acids is 1. The molecule has 0 aliphatic rings. The van der Waals surface area contributed by atoms with E-state index in [9.17, 15) is 15.0 Å². The molecule has 4 heteroatoms. The van der Waals surface area contributed by atoms with Gasteiger partial charge in [0.15, 0.2) is 0 Å². The van der Waals surface area contributed by atoms with Crippen molar-refractivity contribution < 1.29 is 20.1 Å². The molecule has 4 nitrogen and oxygen atoms in total. The zero-order valence-electron chi connectivity index (χ0n) is 10.6. The molecule has 102 valence electrons. The van der Waals surface area contributed by atoms with Gasteiger partial charge < -0.3 is 15.3 Å². The number of carbonyl (C=O) groups is 1. The second kappa shape index (κ2) is 11.1. The molecule has 0 amide bonds. The normalized spacial score (nSPS) is 13.7. The quantitative estimate of drug-likeness (QED) is 0.474. The molecular formula is C15H18O4. The van der Waals surface area contributed by atoms with E-state index < -0.39 is 18.2 Å². The van der Waals surface area contributed by atoms with E-state index in [0.717, 1.165) is 0 Å². The lowest BCUT2D eigenvalue weighted by molar-refractivity contribution is -0.137. The number of allylic oxidation sites excluding steroid dienone is 3. The standard InChI is InChI=1S/C15H18O4/c1-2-8-13(16)9-5-3-4-6-10-14(17)11-7-12-15(18)19/h1,3-5,9,13-14,16-17H,7-8,11-12H2,(H,18,19)/b4-3+,9-5+/t13-,14+/m0/s1. The molecule has 0 aliphatic heterocycles. The molecule has 0 aromatic rings. The zero-order valence-corrected chi connectivity index (χ0v) is 10.6. The van der Waals surface area contributed by atoms with Gasteiger partial charge in [-0.05, 0) is 18.9 Å². The smallest absolute Gasteiger partial charge is 0.303 e. The Labute approximate surface area is 113 Å². The summed E-state index contributed by atoms with van der Waals surface area (Å²) in [5.74, 6) is 6.65. The van der Waals surface area contributed by atoms with Gasteiger partial charge in [-0.1, -0.05) is 30.1 Å². The van der Waals surface area contributed by atoms with E-state index in [1.54, 1.807) is 18.2 Å². The molecule has 0 aromatic carbocycles. The third-order valence-electron chi connectivity index (χ3n) is 2.07. The van der Waals surface area contributed by atoms with E-state index in [-0.39, 0.29) is 12.8 Å². The third-order valence-corrected chi connectivity index (χ3v) is 2.07. The monoisotopic (exact) mass is 262 g/mol. The predicted molar refractivity (Wildman–Crippen MR) is 73.0 cm³/mol. The van der Waals surface area contributed by atoms with Crippen molar-refractivity contribution in [2.24, 2.45) is 0 Å². The Morgan fingerprint density at radius 2 is 2.05 bits per heavy atom. The summed E-state index contributed by atoms with van der Waals surface area (Å²) in [6.07, 6.45) is 10.9. The summed E-state index contributed by atoms with van der Waals surface area (Å²) in [7, 11) is 0. The van der Waals surface area contributed by atoms with Gasteiger partial charge in [-0.25, -0.2) is 0 Å². The van der Waals surface area contributed by atoms with Crippen LogP contribution in [0, 0.1) is 24.2 Å². The maximum Gasteiger partial charge on any atom is 0.303 e. The first-order valence-electron chi connectivity index (χ1n) is 5.92. The second-order valence-electron chi connectivity index (χ2n) is 3.81. The van der Waals surface area contributed by atoms with Gasteiger partial charge in [0.05, 0.1) is 6.10 Å². The van der Waals surface area contributed by atoms with Gasteiger partial charge >= 0.3 is 5.97 Å². The predicted octanol–water partition coefficient (Wildman–Crippen LogP) is 1.10. The van der Waals surface area contributed by atoms with E-state index in [2.05, 4.69) is 17.8 Å². The number of terminal acetylenes is 1. The molecule has 0 aliphatic carbocycles. The van der Waals surface area contributed by atoms with Crippen molar-refractivity contribution >= 4 is 5.97 Å². The lowest BCUT2D eigenvalue weighted by Crippen LogP contribution is -2.04. The number of carboxylic acid groups (broad SMARTS) is 1. The minimum Gasteiger partial charge on any atom is -0.481 e. The van der Waals surface area contributed by atoms with Crippen LogP contribution < -0.4 is 0 Å². The Kier molecular flexibility index (Phi) is 9.93. The van der Waals surface area contributed by atoms with E-state index in [4.69, 9.17) is 11.5 Å². The van der Waals surface area contributed by atoms with Crippen LogP contribution in [-0.4, -0.2) is 33.5 Å². The van der Waals surface area contributed by atoms with E-state index >= 15 is 0 Å². The van der Waals surface area contributed by atoms with Crippen LogP contribution in [-0.2, 0) is 4.79 Å². The van der Waals surface area contributed by atoms with Gasteiger partial charge in [-0.2, -0.15) is 0 Å². The van der Waals surface area contributed by atoms with Gasteiger partial charge in [0, 0.05) is 12.8 Å². The lowest BCUT2D eigenvalue weighted by Gasteiger charge is -1.99. The lowest BCUT2D eigenvalue weighted by atomic mass is 10.1.